The van der Waals surface area contributed by atoms with Gasteiger partial charge in [-0.15, -0.1) is 0 Å². The van der Waals surface area contributed by atoms with Crippen molar-refractivity contribution in [3.63, 3.8) is 0 Å². The molecule has 0 amide bonds. The predicted molar refractivity (Wildman–Crippen MR) is 80.2 cm³/mol. The summed E-state index contributed by atoms with van der Waals surface area (Å²) in [5.74, 6) is 0.269. The van der Waals surface area contributed by atoms with E-state index in [0.717, 1.165) is 19.3 Å². The molecular weight excluding hydrogens is 294 g/mol. The highest BCUT2D eigenvalue weighted by Gasteiger charge is 2.69. The maximum absolute atomic E-state index is 12.5. The fourth-order valence-corrected chi connectivity index (χ4v) is 5.10. The summed E-state index contributed by atoms with van der Waals surface area (Å²) in [7, 11) is 0. The Labute approximate surface area is 134 Å². The van der Waals surface area contributed by atoms with Gasteiger partial charge in [0.05, 0.1) is 18.6 Å². The molecule has 0 N–H and O–H groups in total. The molecule has 5 rings (SSSR count). The molecule has 0 unspecified atom stereocenters. The van der Waals surface area contributed by atoms with Crippen molar-refractivity contribution in [1.29, 1.82) is 0 Å². The number of carbonyl (C=O) groups is 1. The third kappa shape index (κ3) is 1.81. The van der Waals surface area contributed by atoms with Crippen molar-refractivity contribution in [2.75, 3.05) is 0 Å². The van der Waals surface area contributed by atoms with Crippen molar-refractivity contribution < 1.29 is 14.3 Å². The molecule has 3 heterocycles. The van der Waals surface area contributed by atoms with E-state index in [4.69, 9.17) is 9.47 Å². The van der Waals surface area contributed by atoms with Gasteiger partial charge >= 0.3 is 5.97 Å². The number of hydrogen-bond acceptors (Lipinski definition) is 5. The quantitative estimate of drug-likeness (QED) is 0.472. The van der Waals surface area contributed by atoms with E-state index in [-0.39, 0.29) is 35.4 Å². The van der Waals surface area contributed by atoms with Crippen LogP contribution in [0.15, 0.2) is 23.8 Å². The van der Waals surface area contributed by atoms with Crippen molar-refractivity contribution in [3.8, 4) is 0 Å². The number of rotatable bonds is 2. The van der Waals surface area contributed by atoms with Crippen molar-refractivity contribution in [2.45, 2.75) is 57.5 Å². The minimum atomic E-state index is -0.129. The first-order chi connectivity index (χ1) is 11.1. The molecule has 3 fully saturated rings. The monoisotopic (exact) mass is 315 g/mol. The van der Waals surface area contributed by atoms with Gasteiger partial charge in [0.15, 0.2) is 0 Å². The van der Waals surface area contributed by atoms with Gasteiger partial charge in [-0.1, -0.05) is 11.1 Å². The fraction of sp³-hybridized carbons (Fsp3) is 0.706. The molecule has 122 valence electrons. The van der Waals surface area contributed by atoms with E-state index >= 15 is 0 Å². The largest absolute Gasteiger partial charge is 0.461 e. The summed E-state index contributed by atoms with van der Waals surface area (Å²) in [5, 5.41) is 4.16. The lowest BCUT2D eigenvalue weighted by atomic mass is 9.78. The first kappa shape index (κ1) is 13.7. The average Bonchev–Trinajstić information content (AvgIpc) is 2.86. The summed E-state index contributed by atoms with van der Waals surface area (Å²) in [6.45, 7) is 4.98. The zero-order valence-electron chi connectivity index (χ0n) is 13.4. The maximum Gasteiger partial charge on any atom is 0.311 e. The number of hydrogen-bond donors (Lipinski definition) is 0. The lowest BCUT2D eigenvalue weighted by Gasteiger charge is -2.28. The number of nitrogens with zero attached hydrogens (tertiary/aromatic N) is 3. The number of esters is 1. The molecular formula is C17H21N3O3. The van der Waals surface area contributed by atoms with Crippen LogP contribution in [0.3, 0.4) is 0 Å². The predicted octanol–water partition coefficient (Wildman–Crippen LogP) is 1.72. The Kier molecular flexibility index (Phi) is 2.65. The Hall–Kier alpha value is -1.69. The van der Waals surface area contributed by atoms with E-state index in [0.29, 0.717) is 12.6 Å². The molecule has 4 aliphatic rings. The van der Waals surface area contributed by atoms with Gasteiger partial charge in [-0.2, -0.15) is 5.10 Å². The van der Waals surface area contributed by atoms with E-state index in [2.05, 4.69) is 23.9 Å². The third-order valence-corrected chi connectivity index (χ3v) is 6.45. The molecule has 1 aromatic rings. The molecule has 0 spiro atoms. The summed E-state index contributed by atoms with van der Waals surface area (Å²) < 4.78 is 13.6. The number of aromatic nitrogens is 3. The normalized spacial score (nSPS) is 44.4. The lowest BCUT2D eigenvalue weighted by molar-refractivity contribution is -0.146. The molecule has 2 saturated heterocycles. The first-order valence-corrected chi connectivity index (χ1v) is 8.47. The Bertz CT molecular complexity index is 698. The van der Waals surface area contributed by atoms with Gasteiger partial charge in [0.2, 0.25) is 0 Å². The van der Waals surface area contributed by atoms with E-state index in [9.17, 15) is 4.79 Å². The van der Waals surface area contributed by atoms with Gasteiger partial charge in [-0.25, -0.2) is 4.98 Å². The SMILES string of the molecule is CC1=C2C[C@H]3O[C@@]3(C)[C@@H]2[C@H]2OC(=O)[C@@H](Cn3cncn3)[C@@H]2CC1. The summed E-state index contributed by atoms with van der Waals surface area (Å²) >= 11 is 0. The van der Waals surface area contributed by atoms with Gasteiger partial charge in [-0.3, -0.25) is 9.48 Å². The minimum Gasteiger partial charge on any atom is -0.461 e. The van der Waals surface area contributed by atoms with Crippen molar-refractivity contribution in [1.82, 2.24) is 14.8 Å². The molecule has 6 nitrogen and oxygen atoms in total. The summed E-state index contributed by atoms with van der Waals surface area (Å²) in [5.41, 5.74) is 2.86. The zero-order chi connectivity index (χ0) is 15.8. The highest BCUT2D eigenvalue weighted by atomic mass is 16.6. The highest BCUT2D eigenvalue weighted by Crippen LogP contribution is 2.62. The summed E-state index contributed by atoms with van der Waals surface area (Å²) in [6.07, 6.45) is 6.54. The van der Waals surface area contributed by atoms with Crippen LogP contribution in [0.25, 0.3) is 0 Å². The molecule has 23 heavy (non-hydrogen) atoms. The molecule has 6 heteroatoms. The minimum absolute atomic E-state index is 0.0408. The molecule has 0 radical (unpaired) electrons. The van der Waals surface area contributed by atoms with Crippen LogP contribution in [-0.2, 0) is 20.8 Å². The van der Waals surface area contributed by atoms with Crippen LogP contribution < -0.4 is 0 Å². The second kappa shape index (κ2) is 4.44. The number of epoxide rings is 1. The smallest absolute Gasteiger partial charge is 0.311 e. The number of carbonyl (C=O) groups excluding carboxylic acids is 1. The molecule has 2 aliphatic carbocycles. The van der Waals surface area contributed by atoms with Gasteiger partial charge in [0.25, 0.3) is 0 Å². The average molecular weight is 315 g/mol. The second-order valence-electron chi connectivity index (χ2n) is 7.61. The van der Waals surface area contributed by atoms with E-state index in [1.54, 1.807) is 11.0 Å². The van der Waals surface area contributed by atoms with Crippen molar-refractivity contribution in [2.24, 2.45) is 17.8 Å². The highest BCUT2D eigenvalue weighted by molar-refractivity contribution is 5.75. The lowest BCUT2D eigenvalue weighted by Crippen LogP contribution is -2.36. The van der Waals surface area contributed by atoms with E-state index in [1.807, 2.05) is 0 Å². The van der Waals surface area contributed by atoms with Crippen LogP contribution in [-0.4, -0.2) is 38.5 Å². The molecule has 0 bridgehead atoms. The molecule has 1 aromatic heterocycles. The molecule has 0 aromatic carbocycles. The van der Waals surface area contributed by atoms with Crippen LogP contribution in [0.4, 0.5) is 0 Å². The Morgan fingerprint density at radius 1 is 1.48 bits per heavy atom. The number of ether oxygens (including phenoxy) is 2. The van der Waals surface area contributed by atoms with E-state index < -0.39 is 0 Å². The first-order valence-electron chi connectivity index (χ1n) is 8.47. The number of allylic oxidation sites excluding steroid dienone is 1. The summed E-state index contributed by atoms with van der Waals surface area (Å²) in [6, 6.07) is 0. The van der Waals surface area contributed by atoms with Gasteiger partial charge in [0, 0.05) is 11.8 Å². The van der Waals surface area contributed by atoms with Crippen LogP contribution in [0, 0.1) is 17.8 Å². The summed E-state index contributed by atoms with van der Waals surface area (Å²) in [4.78, 5) is 16.5. The third-order valence-electron chi connectivity index (χ3n) is 6.45. The fourth-order valence-electron chi connectivity index (χ4n) is 5.10. The molecule has 6 atom stereocenters. The standard InChI is InChI=1S/C17H21N3O3/c1-9-3-4-10-12(6-20-8-18-7-19-20)16(21)22-15(10)14-11(9)5-13-17(14,2)23-13/h7-8,10,12-15H,3-6H2,1-2H3/t10-,12-,13+,14-,15-,17+/m0/s1. The Morgan fingerprint density at radius 3 is 3.13 bits per heavy atom. The van der Waals surface area contributed by atoms with Crippen LogP contribution in [0.1, 0.15) is 33.1 Å². The van der Waals surface area contributed by atoms with Gasteiger partial charge < -0.3 is 9.47 Å². The Balaban J connectivity index is 1.49. The van der Waals surface area contributed by atoms with Crippen molar-refractivity contribution in [3.05, 3.63) is 23.8 Å². The van der Waals surface area contributed by atoms with Gasteiger partial charge in [0.1, 0.15) is 24.4 Å². The maximum atomic E-state index is 12.5. The van der Waals surface area contributed by atoms with Crippen molar-refractivity contribution >= 4 is 5.97 Å². The van der Waals surface area contributed by atoms with Crippen LogP contribution >= 0.6 is 0 Å². The second-order valence-corrected chi connectivity index (χ2v) is 7.61. The van der Waals surface area contributed by atoms with Gasteiger partial charge in [-0.05, 0) is 33.1 Å². The van der Waals surface area contributed by atoms with Crippen LogP contribution in [0.5, 0.6) is 0 Å². The number of fused-ring (bicyclic) bond motifs is 5. The molecule has 2 aliphatic heterocycles. The topological polar surface area (TPSA) is 69.5 Å². The van der Waals surface area contributed by atoms with E-state index in [1.165, 1.54) is 17.5 Å². The Morgan fingerprint density at radius 2 is 2.35 bits per heavy atom. The van der Waals surface area contributed by atoms with Crippen LogP contribution in [0.2, 0.25) is 0 Å². The zero-order valence-corrected chi connectivity index (χ0v) is 13.4. The molecule has 1 saturated carbocycles.